The monoisotopic (exact) mass is 256 g/mol. The van der Waals surface area contributed by atoms with Crippen LogP contribution in [0.1, 0.15) is 44.6 Å². The molecule has 1 aliphatic rings. The van der Waals surface area contributed by atoms with Crippen LogP contribution >= 0.6 is 0 Å². The van der Waals surface area contributed by atoms with Crippen LogP contribution in [0.25, 0.3) is 10.9 Å². The fraction of sp³-hybridized carbons (Fsp3) is 0.529. The summed E-state index contributed by atoms with van der Waals surface area (Å²) in [6, 6.07) is 9.18. The standard InChI is InChI=1S/C17H24N2/c1-13(14-7-3-2-4-8-14)18-11-15-12-19-17-10-6-5-9-16(15)17/h5-6,9-10,12-14,18-19H,2-4,7-8,11H2,1H3/t13-/m0/s1. The van der Waals surface area contributed by atoms with E-state index in [1.807, 2.05) is 0 Å². The van der Waals surface area contributed by atoms with Crippen molar-refractivity contribution in [3.8, 4) is 0 Å². The largest absolute Gasteiger partial charge is 0.361 e. The first kappa shape index (κ1) is 12.7. The van der Waals surface area contributed by atoms with Crippen molar-refractivity contribution in [2.24, 2.45) is 5.92 Å². The number of hydrogen-bond acceptors (Lipinski definition) is 1. The molecular formula is C17H24N2. The van der Waals surface area contributed by atoms with Crippen LogP contribution in [0.3, 0.4) is 0 Å². The predicted molar refractivity (Wildman–Crippen MR) is 81.2 cm³/mol. The van der Waals surface area contributed by atoms with Gasteiger partial charge in [0.15, 0.2) is 0 Å². The Balaban J connectivity index is 1.62. The van der Waals surface area contributed by atoms with Crippen molar-refractivity contribution in [2.45, 2.75) is 51.6 Å². The number of rotatable bonds is 4. The average molecular weight is 256 g/mol. The topological polar surface area (TPSA) is 27.8 Å². The average Bonchev–Trinajstić information content (AvgIpc) is 2.89. The third-order valence-electron chi connectivity index (χ3n) is 4.65. The number of para-hydroxylation sites is 1. The zero-order valence-electron chi connectivity index (χ0n) is 11.8. The van der Waals surface area contributed by atoms with E-state index in [1.54, 1.807) is 0 Å². The molecule has 1 saturated carbocycles. The van der Waals surface area contributed by atoms with Gasteiger partial charge < -0.3 is 10.3 Å². The molecule has 2 aromatic rings. The van der Waals surface area contributed by atoms with E-state index in [0.717, 1.165) is 12.5 Å². The van der Waals surface area contributed by atoms with Gasteiger partial charge in [0, 0.05) is 29.7 Å². The molecule has 0 amide bonds. The Bertz CT molecular complexity index is 523. The summed E-state index contributed by atoms with van der Waals surface area (Å²) in [6.45, 7) is 3.33. The van der Waals surface area contributed by atoms with E-state index in [1.165, 1.54) is 48.6 Å². The van der Waals surface area contributed by atoms with Gasteiger partial charge in [-0.05, 0) is 37.3 Å². The van der Waals surface area contributed by atoms with E-state index in [9.17, 15) is 0 Å². The summed E-state index contributed by atoms with van der Waals surface area (Å²) in [7, 11) is 0. The highest BCUT2D eigenvalue weighted by Gasteiger charge is 2.19. The van der Waals surface area contributed by atoms with Crippen LogP contribution in [-0.4, -0.2) is 11.0 Å². The predicted octanol–water partition coefficient (Wildman–Crippen LogP) is 4.23. The maximum absolute atomic E-state index is 3.73. The molecule has 1 fully saturated rings. The van der Waals surface area contributed by atoms with Crippen LogP contribution < -0.4 is 5.32 Å². The van der Waals surface area contributed by atoms with Gasteiger partial charge in [0.1, 0.15) is 0 Å². The van der Waals surface area contributed by atoms with Gasteiger partial charge in [-0.15, -0.1) is 0 Å². The normalized spacial score (nSPS) is 18.8. The third-order valence-corrected chi connectivity index (χ3v) is 4.65. The van der Waals surface area contributed by atoms with E-state index >= 15 is 0 Å². The Morgan fingerprint density at radius 3 is 2.84 bits per heavy atom. The van der Waals surface area contributed by atoms with E-state index in [4.69, 9.17) is 0 Å². The van der Waals surface area contributed by atoms with Gasteiger partial charge in [0.25, 0.3) is 0 Å². The number of nitrogens with one attached hydrogen (secondary N) is 2. The van der Waals surface area contributed by atoms with E-state index in [2.05, 4.69) is 47.7 Å². The van der Waals surface area contributed by atoms with Gasteiger partial charge in [0.2, 0.25) is 0 Å². The van der Waals surface area contributed by atoms with Crippen molar-refractivity contribution in [2.75, 3.05) is 0 Å². The first-order chi connectivity index (χ1) is 9.34. The molecular weight excluding hydrogens is 232 g/mol. The highest BCUT2D eigenvalue weighted by Crippen LogP contribution is 2.26. The third kappa shape index (κ3) is 2.84. The Labute approximate surface area is 115 Å². The smallest absolute Gasteiger partial charge is 0.0457 e. The lowest BCUT2D eigenvalue weighted by atomic mass is 9.84. The molecule has 0 aliphatic heterocycles. The molecule has 19 heavy (non-hydrogen) atoms. The molecule has 1 aromatic heterocycles. The second-order valence-corrected chi connectivity index (χ2v) is 5.93. The Hall–Kier alpha value is -1.28. The van der Waals surface area contributed by atoms with Crippen LogP contribution in [0.15, 0.2) is 30.5 Å². The number of aromatic nitrogens is 1. The molecule has 1 aromatic carbocycles. The molecule has 0 spiro atoms. The summed E-state index contributed by atoms with van der Waals surface area (Å²) in [5.41, 5.74) is 2.63. The highest BCUT2D eigenvalue weighted by atomic mass is 14.9. The number of fused-ring (bicyclic) bond motifs is 1. The number of benzene rings is 1. The van der Waals surface area contributed by atoms with Gasteiger partial charge in [-0.1, -0.05) is 37.5 Å². The van der Waals surface area contributed by atoms with Crippen molar-refractivity contribution in [1.29, 1.82) is 0 Å². The van der Waals surface area contributed by atoms with Crippen molar-refractivity contribution in [3.63, 3.8) is 0 Å². The Kier molecular flexibility index (Phi) is 3.88. The Morgan fingerprint density at radius 1 is 1.21 bits per heavy atom. The van der Waals surface area contributed by atoms with Crippen molar-refractivity contribution >= 4 is 10.9 Å². The van der Waals surface area contributed by atoms with Crippen LogP contribution in [0, 0.1) is 5.92 Å². The molecule has 1 atom stereocenters. The van der Waals surface area contributed by atoms with Crippen molar-refractivity contribution in [1.82, 2.24) is 10.3 Å². The van der Waals surface area contributed by atoms with Crippen molar-refractivity contribution < 1.29 is 0 Å². The molecule has 1 aliphatic carbocycles. The van der Waals surface area contributed by atoms with E-state index in [0.29, 0.717) is 6.04 Å². The summed E-state index contributed by atoms with van der Waals surface area (Å²) in [5, 5.41) is 5.08. The van der Waals surface area contributed by atoms with E-state index in [-0.39, 0.29) is 0 Å². The van der Waals surface area contributed by atoms with Gasteiger partial charge in [0.05, 0.1) is 0 Å². The van der Waals surface area contributed by atoms with Crippen LogP contribution in [-0.2, 0) is 6.54 Å². The van der Waals surface area contributed by atoms with Crippen LogP contribution in [0.5, 0.6) is 0 Å². The van der Waals surface area contributed by atoms with Gasteiger partial charge in [-0.3, -0.25) is 0 Å². The zero-order valence-corrected chi connectivity index (χ0v) is 11.8. The second-order valence-electron chi connectivity index (χ2n) is 5.93. The summed E-state index contributed by atoms with van der Waals surface area (Å²) in [5.74, 6) is 0.874. The highest BCUT2D eigenvalue weighted by molar-refractivity contribution is 5.82. The fourth-order valence-electron chi connectivity index (χ4n) is 3.35. The molecule has 2 heteroatoms. The molecule has 102 valence electrons. The van der Waals surface area contributed by atoms with Crippen LogP contribution in [0.4, 0.5) is 0 Å². The summed E-state index contributed by atoms with van der Waals surface area (Å²) >= 11 is 0. The summed E-state index contributed by atoms with van der Waals surface area (Å²) < 4.78 is 0. The van der Waals surface area contributed by atoms with Gasteiger partial charge in [-0.2, -0.15) is 0 Å². The molecule has 0 unspecified atom stereocenters. The lowest BCUT2D eigenvalue weighted by Gasteiger charge is -2.28. The molecule has 1 heterocycles. The number of aromatic amines is 1. The minimum atomic E-state index is 0.633. The van der Waals surface area contributed by atoms with Crippen LogP contribution in [0.2, 0.25) is 0 Å². The van der Waals surface area contributed by atoms with Gasteiger partial charge >= 0.3 is 0 Å². The number of hydrogen-bond donors (Lipinski definition) is 2. The maximum atomic E-state index is 3.73. The lowest BCUT2D eigenvalue weighted by molar-refractivity contribution is 0.281. The minimum Gasteiger partial charge on any atom is -0.361 e. The maximum Gasteiger partial charge on any atom is 0.0457 e. The van der Waals surface area contributed by atoms with Crippen molar-refractivity contribution in [3.05, 3.63) is 36.0 Å². The summed E-state index contributed by atoms with van der Waals surface area (Å²) in [4.78, 5) is 3.35. The first-order valence-corrected chi connectivity index (χ1v) is 7.63. The SMILES string of the molecule is C[C@H](NCc1c[nH]c2ccccc12)C1CCCCC1. The lowest BCUT2D eigenvalue weighted by Crippen LogP contribution is -2.34. The number of H-pyrrole nitrogens is 1. The fourth-order valence-corrected chi connectivity index (χ4v) is 3.35. The molecule has 2 N–H and O–H groups in total. The minimum absolute atomic E-state index is 0.633. The first-order valence-electron chi connectivity index (χ1n) is 7.63. The molecule has 0 saturated heterocycles. The molecule has 0 bridgehead atoms. The van der Waals surface area contributed by atoms with Gasteiger partial charge in [-0.25, -0.2) is 0 Å². The Morgan fingerprint density at radius 2 is 2.00 bits per heavy atom. The molecule has 2 nitrogen and oxygen atoms in total. The molecule has 3 rings (SSSR count). The second kappa shape index (κ2) is 5.79. The quantitative estimate of drug-likeness (QED) is 0.842. The van der Waals surface area contributed by atoms with E-state index < -0.39 is 0 Å². The zero-order chi connectivity index (χ0) is 13.1. The molecule has 0 radical (unpaired) electrons. The summed E-state index contributed by atoms with van der Waals surface area (Å²) in [6.07, 6.45) is 9.23.